The maximum absolute atomic E-state index is 5.67. The molecule has 0 aliphatic carbocycles. The Morgan fingerprint density at radius 1 is 1.17 bits per heavy atom. The SMILES string of the molecule is CCN(Cc1ccc(N)cc1)c1ncc(Br)cn1. The quantitative estimate of drug-likeness (QED) is 0.883. The first-order valence-electron chi connectivity index (χ1n) is 5.76. The number of anilines is 2. The van der Waals surface area contributed by atoms with Crippen molar-refractivity contribution in [1.82, 2.24) is 9.97 Å². The highest BCUT2D eigenvalue weighted by Gasteiger charge is 2.07. The fourth-order valence-corrected chi connectivity index (χ4v) is 1.84. The zero-order valence-electron chi connectivity index (χ0n) is 10.2. The van der Waals surface area contributed by atoms with Crippen molar-refractivity contribution in [2.45, 2.75) is 13.5 Å². The van der Waals surface area contributed by atoms with Gasteiger partial charge in [0.1, 0.15) is 0 Å². The minimum atomic E-state index is 0.734. The summed E-state index contributed by atoms with van der Waals surface area (Å²) in [5.41, 5.74) is 7.65. The predicted molar refractivity (Wildman–Crippen MR) is 77.3 cm³/mol. The van der Waals surface area contributed by atoms with Crippen LogP contribution in [0.25, 0.3) is 0 Å². The lowest BCUT2D eigenvalue weighted by molar-refractivity contribution is 0.790. The monoisotopic (exact) mass is 306 g/mol. The molecular formula is C13H15BrN4. The highest BCUT2D eigenvalue weighted by Crippen LogP contribution is 2.14. The summed E-state index contributed by atoms with van der Waals surface area (Å²) < 4.78 is 0.884. The summed E-state index contributed by atoms with van der Waals surface area (Å²) in [5.74, 6) is 0.734. The second kappa shape index (κ2) is 5.82. The molecule has 2 rings (SSSR count). The van der Waals surface area contributed by atoms with Gasteiger partial charge >= 0.3 is 0 Å². The van der Waals surface area contributed by atoms with Crippen molar-refractivity contribution in [3.05, 3.63) is 46.7 Å². The largest absolute Gasteiger partial charge is 0.399 e. The van der Waals surface area contributed by atoms with Crippen molar-refractivity contribution < 1.29 is 0 Å². The van der Waals surface area contributed by atoms with E-state index in [1.165, 1.54) is 5.56 Å². The van der Waals surface area contributed by atoms with Crippen LogP contribution in [0.1, 0.15) is 12.5 Å². The Kier molecular flexibility index (Phi) is 4.15. The van der Waals surface area contributed by atoms with Crippen molar-refractivity contribution in [1.29, 1.82) is 0 Å². The first kappa shape index (κ1) is 12.8. The predicted octanol–water partition coefficient (Wildman–Crippen LogP) is 2.85. The van der Waals surface area contributed by atoms with E-state index in [2.05, 4.69) is 37.7 Å². The Morgan fingerprint density at radius 3 is 2.33 bits per heavy atom. The fraction of sp³-hybridized carbons (Fsp3) is 0.231. The molecule has 0 spiro atoms. The number of hydrogen-bond donors (Lipinski definition) is 1. The Balaban J connectivity index is 2.14. The van der Waals surface area contributed by atoms with Crippen LogP contribution in [-0.2, 0) is 6.54 Å². The topological polar surface area (TPSA) is 55.0 Å². The molecule has 0 aliphatic rings. The van der Waals surface area contributed by atoms with Gasteiger partial charge in [0.2, 0.25) is 5.95 Å². The van der Waals surface area contributed by atoms with E-state index in [0.29, 0.717) is 0 Å². The molecule has 1 aromatic heterocycles. The summed E-state index contributed by atoms with van der Waals surface area (Å²) in [6.07, 6.45) is 3.52. The van der Waals surface area contributed by atoms with E-state index in [4.69, 9.17) is 5.73 Å². The summed E-state index contributed by atoms with van der Waals surface area (Å²) in [6.45, 7) is 3.72. The van der Waals surface area contributed by atoms with Crippen LogP contribution in [0.2, 0.25) is 0 Å². The molecule has 2 N–H and O–H groups in total. The Labute approximate surface area is 115 Å². The lowest BCUT2D eigenvalue weighted by Crippen LogP contribution is -2.24. The molecule has 0 saturated heterocycles. The second-order valence-electron chi connectivity index (χ2n) is 3.96. The molecule has 0 bridgehead atoms. The number of aromatic nitrogens is 2. The van der Waals surface area contributed by atoms with Gasteiger partial charge in [-0.3, -0.25) is 0 Å². The second-order valence-corrected chi connectivity index (χ2v) is 4.87. The average molecular weight is 307 g/mol. The molecular weight excluding hydrogens is 292 g/mol. The first-order chi connectivity index (χ1) is 8.69. The van der Waals surface area contributed by atoms with E-state index in [1.54, 1.807) is 12.4 Å². The summed E-state index contributed by atoms with van der Waals surface area (Å²) in [6, 6.07) is 7.87. The van der Waals surface area contributed by atoms with Gasteiger partial charge in [-0.2, -0.15) is 0 Å². The Bertz CT molecular complexity index is 495. The van der Waals surface area contributed by atoms with Crippen LogP contribution >= 0.6 is 15.9 Å². The Morgan fingerprint density at radius 2 is 1.78 bits per heavy atom. The van der Waals surface area contributed by atoms with Crippen LogP contribution in [0.15, 0.2) is 41.1 Å². The van der Waals surface area contributed by atoms with Gasteiger partial charge in [0.15, 0.2) is 0 Å². The molecule has 0 atom stereocenters. The first-order valence-corrected chi connectivity index (χ1v) is 6.55. The normalized spacial score (nSPS) is 10.3. The Hall–Kier alpha value is -1.62. The smallest absolute Gasteiger partial charge is 0.225 e. The number of nitrogen functional groups attached to an aromatic ring is 1. The molecule has 2 aromatic rings. The van der Waals surface area contributed by atoms with Crippen molar-refractivity contribution >= 4 is 27.6 Å². The minimum Gasteiger partial charge on any atom is -0.399 e. The summed E-state index contributed by atoms with van der Waals surface area (Å²) in [4.78, 5) is 10.7. The highest BCUT2D eigenvalue weighted by molar-refractivity contribution is 9.10. The third-order valence-electron chi connectivity index (χ3n) is 2.62. The third-order valence-corrected chi connectivity index (χ3v) is 3.03. The number of benzene rings is 1. The van der Waals surface area contributed by atoms with E-state index < -0.39 is 0 Å². The van der Waals surface area contributed by atoms with Crippen molar-refractivity contribution in [3.8, 4) is 0 Å². The van der Waals surface area contributed by atoms with E-state index in [-0.39, 0.29) is 0 Å². The molecule has 5 heteroatoms. The summed E-state index contributed by atoms with van der Waals surface area (Å²) >= 11 is 3.33. The van der Waals surface area contributed by atoms with Gasteiger partial charge in [-0.05, 0) is 40.5 Å². The van der Waals surface area contributed by atoms with Crippen molar-refractivity contribution in [2.24, 2.45) is 0 Å². The maximum atomic E-state index is 5.67. The zero-order valence-corrected chi connectivity index (χ0v) is 11.8. The maximum Gasteiger partial charge on any atom is 0.225 e. The van der Waals surface area contributed by atoms with Crippen LogP contribution in [0.3, 0.4) is 0 Å². The molecule has 0 saturated carbocycles. The standard InChI is InChI=1S/C13H15BrN4/c1-2-18(13-16-7-11(14)8-17-13)9-10-3-5-12(15)6-4-10/h3-8H,2,9,15H2,1H3. The summed E-state index contributed by atoms with van der Waals surface area (Å²) in [5, 5.41) is 0. The van der Waals surface area contributed by atoms with Gasteiger partial charge in [-0.1, -0.05) is 12.1 Å². The lowest BCUT2D eigenvalue weighted by atomic mass is 10.2. The zero-order chi connectivity index (χ0) is 13.0. The molecule has 0 unspecified atom stereocenters. The molecule has 4 nitrogen and oxygen atoms in total. The van der Waals surface area contributed by atoms with E-state index >= 15 is 0 Å². The lowest BCUT2D eigenvalue weighted by Gasteiger charge is -2.20. The van der Waals surface area contributed by atoms with Gasteiger partial charge in [0, 0.05) is 31.2 Å². The van der Waals surface area contributed by atoms with E-state index in [1.807, 2.05) is 24.3 Å². The average Bonchev–Trinajstić information content (AvgIpc) is 2.39. The van der Waals surface area contributed by atoms with Crippen LogP contribution in [0, 0.1) is 0 Å². The van der Waals surface area contributed by atoms with Crippen LogP contribution in [0.4, 0.5) is 11.6 Å². The van der Waals surface area contributed by atoms with Gasteiger partial charge in [0.25, 0.3) is 0 Å². The minimum absolute atomic E-state index is 0.734. The molecule has 1 heterocycles. The van der Waals surface area contributed by atoms with Gasteiger partial charge in [0.05, 0.1) is 4.47 Å². The fourth-order valence-electron chi connectivity index (χ4n) is 1.64. The molecule has 0 radical (unpaired) electrons. The highest BCUT2D eigenvalue weighted by atomic mass is 79.9. The molecule has 18 heavy (non-hydrogen) atoms. The van der Waals surface area contributed by atoms with Gasteiger partial charge in [-0.15, -0.1) is 0 Å². The van der Waals surface area contributed by atoms with Crippen LogP contribution in [0.5, 0.6) is 0 Å². The number of nitrogens with two attached hydrogens (primary N) is 1. The van der Waals surface area contributed by atoms with Crippen molar-refractivity contribution in [2.75, 3.05) is 17.2 Å². The van der Waals surface area contributed by atoms with Crippen LogP contribution in [-0.4, -0.2) is 16.5 Å². The van der Waals surface area contributed by atoms with E-state index in [9.17, 15) is 0 Å². The molecule has 1 aromatic carbocycles. The third kappa shape index (κ3) is 3.20. The molecule has 94 valence electrons. The van der Waals surface area contributed by atoms with Gasteiger partial charge in [-0.25, -0.2) is 9.97 Å². The van der Waals surface area contributed by atoms with E-state index in [0.717, 1.165) is 29.2 Å². The molecule has 0 amide bonds. The summed E-state index contributed by atoms with van der Waals surface area (Å²) in [7, 11) is 0. The van der Waals surface area contributed by atoms with Gasteiger partial charge < -0.3 is 10.6 Å². The number of halogens is 1. The number of rotatable bonds is 4. The number of hydrogen-bond acceptors (Lipinski definition) is 4. The van der Waals surface area contributed by atoms with Crippen LogP contribution < -0.4 is 10.6 Å². The molecule has 0 fully saturated rings. The van der Waals surface area contributed by atoms with Crippen molar-refractivity contribution in [3.63, 3.8) is 0 Å². The number of nitrogens with zero attached hydrogens (tertiary/aromatic N) is 3. The molecule has 0 aliphatic heterocycles.